The molecule has 0 bridgehead atoms. The maximum absolute atomic E-state index is 13.0. The maximum atomic E-state index is 13.0. The summed E-state index contributed by atoms with van der Waals surface area (Å²) in [7, 11) is 1.67. The van der Waals surface area contributed by atoms with Crippen molar-refractivity contribution in [3.05, 3.63) is 33.2 Å². The highest BCUT2D eigenvalue weighted by atomic mass is 16.5. The number of rotatable bonds is 5. The molecule has 0 aromatic carbocycles. The quantitative estimate of drug-likeness (QED) is 0.791. The van der Waals surface area contributed by atoms with Gasteiger partial charge < -0.3 is 19.5 Å². The van der Waals surface area contributed by atoms with E-state index in [2.05, 4.69) is 4.98 Å². The van der Waals surface area contributed by atoms with Crippen molar-refractivity contribution >= 4 is 11.8 Å². The first kappa shape index (κ1) is 19.6. The molecule has 2 aliphatic heterocycles. The van der Waals surface area contributed by atoms with E-state index in [9.17, 15) is 14.4 Å². The van der Waals surface area contributed by atoms with E-state index in [-0.39, 0.29) is 34.8 Å². The Labute approximate surface area is 159 Å². The minimum atomic E-state index is -0.226. The molecular weight excluding hydrogens is 346 g/mol. The van der Waals surface area contributed by atoms with Gasteiger partial charge in [0.15, 0.2) is 5.43 Å². The molecule has 1 N–H and O–H groups in total. The molecule has 7 heteroatoms. The van der Waals surface area contributed by atoms with E-state index in [0.717, 1.165) is 25.0 Å². The van der Waals surface area contributed by atoms with E-state index >= 15 is 0 Å². The number of nitrogens with zero attached hydrogens (tertiary/aromatic N) is 2. The topological polar surface area (TPSA) is 82.7 Å². The number of piperidine rings is 2. The van der Waals surface area contributed by atoms with E-state index in [1.807, 2.05) is 11.8 Å². The predicted octanol–water partition coefficient (Wildman–Crippen LogP) is 1.48. The van der Waals surface area contributed by atoms with Crippen LogP contribution in [0, 0.1) is 19.8 Å². The van der Waals surface area contributed by atoms with Crippen molar-refractivity contribution < 1.29 is 14.3 Å². The Bertz CT molecular complexity index is 773. The number of likely N-dealkylation sites (tertiary alicyclic amines) is 2. The third-order valence-electron chi connectivity index (χ3n) is 5.75. The average molecular weight is 375 g/mol. The highest BCUT2D eigenvalue weighted by Gasteiger charge is 2.40. The molecule has 0 radical (unpaired) electrons. The van der Waals surface area contributed by atoms with Crippen molar-refractivity contribution in [3.8, 4) is 0 Å². The number of carbonyl (C=O) groups is 2. The van der Waals surface area contributed by atoms with Crippen LogP contribution in [-0.4, -0.2) is 66.0 Å². The zero-order valence-corrected chi connectivity index (χ0v) is 16.4. The Morgan fingerprint density at radius 3 is 2.78 bits per heavy atom. The lowest BCUT2D eigenvalue weighted by Gasteiger charge is -2.47. The minimum Gasteiger partial charge on any atom is -0.385 e. The Morgan fingerprint density at radius 2 is 2.07 bits per heavy atom. The summed E-state index contributed by atoms with van der Waals surface area (Å²) in [6, 6.07) is 1.66. The summed E-state index contributed by atoms with van der Waals surface area (Å²) in [6.45, 7) is 6.10. The third kappa shape index (κ3) is 4.08. The van der Waals surface area contributed by atoms with Gasteiger partial charge in [0.1, 0.15) is 5.56 Å². The normalized spacial score (nSPS) is 22.7. The molecule has 27 heavy (non-hydrogen) atoms. The van der Waals surface area contributed by atoms with Crippen LogP contribution in [-0.2, 0) is 9.53 Å². The molecule has 2 unspecified atom stereocenters. The van der Waals surface area contributed by atoms with E-state index in [1.165, 1.54) is 6.07 Å². The maximum Gasteiger partial charge on any atom is 0.259 e. The average Bonchev–Trinajstić information content (AvgIpc) is 2.62. The molecule has 1 aromatic rings. The van der Waals surface area contributed by atoms with Crippen LogP contribution in [0.3, 0.4) is 0 Å². The number of carbonyl (C=O) groups excluding carboxylic acids is 2. The van der Waals surface area contributed by atoms with Crippen LogP contribution in [0.2, 0.25) is 0 Å². The van der Waals surface area contributed by atoms with Gasteiger partial charge in [-0.1, -0.05) is 0 Å². The number of aryl methyl sites for hydroxylation is 2. The molecule has 148 valence electrons. The second-order valence-electron chi connectivity index (χ2n) is 7.66. The largest absolute Gasteiger partial charge is 0.385 e. The van der Waals surface area contributed by atoms with E-state index < -0.39 is 0 Å². The molecule has 2 amide bonds. The number of H-pyrrole nitrogens is 1. The van der Waals surface area contributed by atoms with Crippen LogP contribution in [0.1, 0.15) is 47.4 Å². The third-order valence-corrected chi connectivity index (χ3v) is 5.75. The van der Waals surface area contributed by atoms with Crippen LogP contribution >= 0.6 is 0 Å². The smallest absolute Gasteiger partial charge is 0.259 e. The van der Waals surface area contributed by atoms with Gasteiger partial charge in [0.25, 0.3) is 5.91 Å². The Balaban J connectivity index is 1.72. The van der Waals surface area contributed by atoms with Gasteiger partial charge in [-0.3, -0.25) is 14.4 Å². The van der Waals surface area contributed by atoms with Crippen LogP contribution in [0.4, 0.5) is 0 Å². The van der Waals surface area contributed by atoms with Crippen molar-refractivity contribution in [3.63, 3.8) is 0 Å². The van der Waals surface area contributed by atoms with Gasteiger partial charge >= 0.3 is 0 Å². The molecule has 2 fully saturated rings. The Morgan fingerprint density at radius 1 is 1.30 bits per heavy atom. The lowest BCUT2D eigenvalue weighted by Crippen LogP contribution is -2.57. The van der Waals surface area contributed by atoms with Gasteiger partial charge in [-0.15, -0.1) is 0 Å². The van der Waals surface area contributed by atoms with Crippen molar-refractivity contribution in [1.82, 2.24) is 14.8 Å². The number of pyridine rings is 1. The lowest BCUT2D eigenvalue weighted by atomic mass is 9.83. The number of ether oxygens (including phenoxy) is 1. The molecule has 1 aromatic heterocycles. The van der Waals surface area contributed by atoms with Crippen molar-refractivity contribution in [1.29, 1.82) is 0 Å². The zero-order chi connectivity index (χ0) is 19.6. The highest BCUT2D eigenvalue weighted by Crippen LogP contribution is 2.32. The number of nitrogens with one attached hydrogen (secondary N) is 1. The van der Waals surface area contributed by atoms with Crippen LogP contribution < -0.4 is 5.43 Å². The number of hydrogen-bond donors (Lipinski definition) is 1. The summed E-state index contributed by atoms with van der Waals surface area (Å²) >= 11 is 0. The number of aromatic amines is 1. The van der Waals surface area contributed by atoms with Gasteiger partial charge in [-0.2, -0.15) is 0 Å². The van der Waals surface area contributed by atoms with Gasteiger partial charge in [0.2, 0.25) is 5.91 Å². The minimum absolute atomic E-state index is 0.185. The summed E-state index contributed by atoms with van der Waals surface area (Å²) in [4.78, 5) is 44.5. The van der Waals surface area contributed by atoms with E-state index in [4.69, 9.17) is 4.74 Å². The van der Waals surface area contributed by atoms with E-state index in [1.54, 1.807) is 18.9 Å². The molecule has 2 aliphatic rings. The summed E-state index contributed by atoms with van der Waals surface area (Å²) in [6.07, 6.45) is 2.92. The first-order valence-electron chi connectivity index (χ1n) is 9.70. The Hall–Kier alpha value is -2.15. The number of hydrogen-bond acceptors (Lipinski definition) is 4. The molecular formula is C20H29N3O4. The van der Waals surface area contributed by atoms with Crippen molar-refractivity contribution in [2.45, 2.75) is 45.6 Å². The van der Waals surface area contributed by atoms with Crippen molar-refractivity contribution in [2.75, 3.05) is 33.4 Å². The van der Waals surface area contributed by atoms with Gasteiger partial charge in [-0.05, 0) is 39.0 Å². The second kappa shape index (κ2) is 8.25. The standard InChI is InChI=1S/C20H29N3O4/c1-13-11-17(24)19(14(2)21-13)20(26)22-9-7-16-15(12-22)5-6-18(25)23(16)8-4-10-27-3/h11,15-16H,4-10,12H2,1-3H3,(H,21,24). The molecule has 7 nitrogen and oxygen atoms in total. The SMILES string of the molecule is COCCCN1C(=O)CCC2CN(C(=O)c3c(C)[nH]c(C)cc3=O)CCC21. The molecule has 3 heterocycles. The fraction of sp³-hybridized carbons (Fsp3) is 0.650. The highest BCUT2D eigenvalue weighted by molar-refractivity contribution is 5.95. The molecule has 2 saturated heterocycles. The van der Waals surface area contributed by atoms with Crippen LogP contribution in [0.5, 0.6) is 0 Å². The Kier molecular flexibility index (Phi) is 5.99. The van der Waals surface area contributed by atoms with Gasteiger partial charge in [-0.25, -0.2) is 0 Å². The summed E-state index contributed by atoms with van der Waals surface area (Å²) < 4.78 is 5.11. The van der Waals surface area contributed by atoms with E-state index in [0.29, 0.717) is 38.4 Å². The number of aromatic nitrogens is 1. The molecule has 0 spiro atoms. The predicted molar refractivity (Wildman–Crippen MR) is 102 cm³/mol. The number of amides is 2. The summed E-state index contributed by atoms with van der Waals surface area (Å²) in [5.41, 5.74) is 1.39. The van der Waals surface area contributed by atoms with Crippen LogP contribution in [0.25, 0.3) is 0 Å². The molecule has 0 aliphatic carbocycles. The first-order chi connectivity index (χ1) is 12.9. The summed E-state index contributed by atoms with van der Waals surface area (Å²) in [5.74, 6) is 0.278. The van der Waals surface area contributed by atoms with Gasteiger partial charge in [0, 0.05) is 63.3 Å². The van der Waals surface area contributed by atoms with Crippen molar-refractivity contribution in [2.24, 2.45) is 5.92 Å². The second-order valence-corrected chi connectivity index (χ2v) is 7.66. The molecule has 3 rings (SSSR count). The molecule has 0 saturated carbocycles. The lowest BCUT2D eigenvalue weighted by molar-refractivity contribution is -0.140. The monoisotopic (exact) mass is 375 g/mol. The molecule has 2 atom stereocenters. The number of fused-ring (bicyclic) bond motifs is 1. The van der Waals surface area contributed by atoms with Gasteiger partial charge in [0.05, 0.1) is 0 Å². The summed E-state index contributed by atoms with van der Waals surface area (Å²) in [5, 5.41) is 0. The number of methoxy groups -OCH3 is 1. The zero-order valence-electron chi connectivity index (χ0n) is 16.4. The fourth-order valence-corrected chi connectivity index (χ4v) is 4.48. The first-order valence-corrected chi connectivity index (χ1v) is 9.70. The fourth-order valence-electron chi connectivity index (χ4n) is 4.48. The van der Waals surface area contributed by atoms with Crippen LogP contribution in [0.15, 0.2) is 10.9 Å².